The van der Waals surface area contributed by atoms with Crippen LogP contribution in [-0.4, -0.2) is 23.4 Å². The fourth-order valence-corrected chi connectivity index (χ4v) is 1.84. The zero-order chi connectivity index (χ0) is 12.1. The van der Waals surface area contributed by atoms with Crippen LogP contribution in [0.4, 0.5) is 0 Å². The number of aryl methyl sites for hydroxylation is 2. The van der Waals surface area contributed by atoms with Crippen molar-refractivity contribution in [3.05, 3.63) is 22.3 Å². The highest BCUT2D eigenvalue weighted by atomic mass is 79.9. The number of rotatable bonds is 6. The maximum atomic E-state index is 5.34. The van der Waals surface area contributed by atoms with Crippen molar-refractivity contribution in [3.8, 4) is 5.88 Å². The molecule has 0 aliphatic heterocycles. The van der Waals surface area contributed by atoms with Crippen LogP contribution in [0.2, 0.25) is 0 Å². The number of methoxy groups -OCH3 is 1. The van der Waals surface area contributed by atoms with Crippen LogP contribution in [0.5, 0.6) is 5.88 Å². The molecule has 16 heavy (non-hydrogen) atoms. The Labute approximate surface area is 105 Å². The van der Waals surface area contributed by atoms with Gasteiger partial charge in [-0.05, 0) is 6.42 Å². The van der Waals surface area contributed by atoms with Gasteiger partial charge in [0.1, 0.15) is 0 Å². The summed E-state index contributed by atoms with van der Waals surface area (Å²) in [5.41, 5.74) is 2.20. The molecule has 0 aromatic carbocycles. The first-order valence-electron chi connectivity index (χ1n) is 5.22. The van der Waals surface area contributed by atoms with Crippen LogP contribution < -0.4 is 10.1 Å². The third-order valence-electron chi connectivity index (χ3n) is 2.32. The van der Waals surface area contributed by atoms with E-state index in [-0.39, 0.29) is 0 Å². The van der Waals surface area contributed by atoms with Crippen LogP contribution in [-0.2, 0) is 20.0 Å². The molecule has 0 amide bonds. The summed E-state index contributed by atoms with van der Waals surface area (Å²) >= 11 is 3.32. The molecule has 1 rings (SSSR count). The van der Waals surface area contributed by atoms with Crippen molar-refractivity contribution in [1.29, 1.82) is 0 Å². The molecule has 0 aliphatic rings. The van der Waals surface area contributed by atoms with Gasteiger partial charge in [0.15, 0.2) is 0 Å². The minimum atomic E-state index is 0.737. The van der Waals surface area contributed by atoms with E-state index < -0.39 is 0 Å². The Morgan fingerprint density at radius 1 is 1.62 bits per heavy atom. The van der Waals surface area contributed by atoms with E-state index in [1.807, 2.05) is 7.05 Å². The van der Waals surface area contributed by atoms with Gasteiger partial charge in [-0.1, -0.05) is 29.4 Å². The predicted molar refractivity (Wildman–Crippen MR) is 68.9 cm³/mol. The van der Waals surface area contributed by atoms with Gasteiger partial charge in [0, 0.05) is 24.6 Å². The third kappa shape index (κ3) is 3.09. The number of nitrogens with one attached hydrogen (secondary N) is 1. The van der Waals surface area contributed by atoms with Gasteiger partial charge in [0.05, 0.1) is 18.4 Å². The molecule has 0 spiro atoms. The Morgan fingerprint density at radius 2 is 2.31 bits per heavy atom. The molecular weight excluding hydrogens is 270 g/mol. The summed E-state index contributed by atoms with van der Waals surface area (Å²) < 4.78 is 8.06. The summed E-state index contributed by atoms with van der Waals surface area (Å²) in [6, 6.07) is 0. The average Bonchev–Trinajstić information content (AvgIpc) is 2.54. The molecule has 1 aromatic rings. The van der Waals surface area contributed by atoms with Gasteiger partial charge in [0.25, 0.3) is 0 Å². The van der Waals surface area contributed by atoms with Gasteiger partial charge >= 0.3 is 0 Å². The molecule has 1 aromatic heterocycles. The quantitative estimate of drug-likeness (QED) is 0.870. The SMILES string of the molecule is C=C(Br)CNCc1c(CC)nn(C)c1OC. The zero-order valence-corrected chi connectivity index (χ0v) is 11.6. The summed E-state index contributed by atoms with van der Waals surface area (Å²) in [4.78, 5) is 0. The van der Waals surface area contributed by atoms with Gasteiger partial charge in [0.2, 0.25) is 5.88 Å². The molecule has 0 atom stereocenters. The second kappa shape index (κ2) is 6.06. The van der Waals surface area contributed by atoms with Crippen LogP contribution in [0.1, 0.15) is 18.2 Å². The summed E-state index contributed by atoms with van der Waals surface area (Å²) in [5.74, 6) is 0.824. The van der Waals surface area contributed by atoms with E-state index in [1.54, 1.807) is 11.8 Å². The molecule has 0 bridgehead atoms. The minimum Gasteiger partial charge on any atom is -0.481 e. The standard InChI is InChI=1S/C11H18BrN3O/c1-5-10-9(7-13-6-8(2)12)11(16-4)15(3)14-10/h13H,2,5-7H2,1,3-4H3. The van der Waals surface area contributed by atoms with Gasteiger partial charge in [-0.3, -0.25) is 0 Å². The van der Waals surface area contributed by atoms with Crippen LogP contribution in [0.3, 0.4) is 0 Å². The van der Waals surface area contributed by atoms with Crippen LogP contribution >= 0.6 is 15.9 Å². The average molecular weight is 288 g/mol. The lowest BCUT2D eigenvalue weighted by Crippen LogP contribution is -2.15. The molecule has 1 heterocycles. The first kappa shape index (κ1) is 13.3. The lowest BCUT2D eigenvalue weighted by Gasteiger charge is -2.06. The molecule has 0 radical (unpaired) electrons. The van der Waals surface area contributed by atoms with Gasteiger partial charge in [-0.2, -0.15) is 5.10 Å². The zero-order valence-electron chi connectivity index (χ0n) is 10.0. The van der Waals surface area contributed by atoms with Crippen LogP contribution in [0, 0.1) is 0 Å². The summed E-state index contributed by atoms with van der Waals surface area (Å²) in [6.07, 6.45) is 0.906. The summed E-state index contributed by atoms with van der Waals surface area (Å²) in [7, 11) is 3.56. The Hall–Kier alpha value is -0.810. The van der Waals surface area contributed by atoms with Gasteiger partial charge < -0.3 is 10.1 Å². The molecule has 0 aliphatic carbocycles. The van der Waals surface area contributed by atoms with Crippen molar-refractivity contribution >= 4 is 15.9 Å². The van der Waals surface area contributed by atoms with Gasteiger partial charge in [-0.25, -0.2) is 4.68 Å². The third-order valence-corrected chi connectivity index (χ3v) is 2.60. The monoisotopic (exact) mass is 287 g/mol. The van der Waals surface area contributed by atoms with Crippen molar-refractivity contribution in [3.63, 3.8) is 0 Å². The highest BCUT2D eigenvalue weighted by molar-refractivity contribution is 9.11. The maximum Gasteiger partial charge on any atom is 0.216 e. The highest BCUT2D eigenvalue weighted by Crippen LogP contribution is 2.21. The fourth-order valence-electron chi connectivity index (χ4n) is 1.65. The molecule has 5 heteroatoms. The number of nitrogens with zero attached hydrogens (tertiary/aromatic N) is 2. The van der Waals surface area contributed by atoms with E-state index >= 15 is 0 Å². The Bertz CT molecular complexity index is 374. The molecule has 0 unspecified atom stereocenters. The van der Waals surface area contributed by atoms with E-state index in [0.29, 0.717) is 0 Å². The Balaban J connectivity index is 2.79. The van der Waals surface area contributed by atoms with Crippen molar-refractivity contribution in [2.45, 2.75) is 19.9 Å². The molecule has 90 valence electrons. The summed E-state index contributed by atoms with van der Waals surface area (Å²) in [6.45, 7) is 7.35. The van der Waals surface area contributed by atoms with Gasteiger partial charge in [-0.15, -0.1) is 0 Å². The number of halogens is 1. The molecule has 1 N–H and O–H groups in total. The lowest BCUT2D eigenvalue weighted by atomic mass is 10.2. The van der Waals surface area contributed by atoms with E-state index in [9.17, 15) is 0 Å². The molecule has 4 nitrogen and oxygen atoms in total. The van der Waals surface area contributed by atoms with E-state index in [1.165, 1.54) is 0 Å². The normalized spacial score (nSPS) is 10.5. The van der Waals surface area contributed by atoms with Crippen molar-refractivity contribution in [2.24, 2.45) is 7.05 Å². The number of ether oxygens (including phenoxy) is 1. The molecule has 0 fully saturated rings. The molecular formula is C11H18BrN3O. The molecule has 0 saturated carbocycles. The number of hydrogen-bond donors (Lipinski definition) is 1. The topological polar surface area (TPSA) is 39.1 Å². The van der Waals surface area contributed by atoms with Crippen molar-refractivity contribution in [1.82, 2.24) is 15.1 Å². The van der Waals surface area contributed by atoms with Crippen molar-refractivity contribution in [2.75, 3.05) is 13.7 Å². The number of aromatic nitrogens is 2. The Kier molecular flexibility index (Phi) is 5.02. The molecule has 0 saturated heterocycles. The first-order chi connectivity index (χ1) is 7.60. The lowest BCUT2D eigenvalue weighted by molar-refractivity contribution is 0.368. The minimum absolute atomic E-state index is 0.737. The second-order valence-corrected chi connectivity index (χ2v) is 4.65. The van der Waals surface area contributed by atoms with Crippen LogP contribution in [0.25, 0.3) is 0 Å². The first-order valence-corrected chi connectivity index (χ1v) is 6.02. The smallest absolute Gasteiger partial charge is 0.216 e. The fraction of sp³-hybridized carbons (Fsp3) is 0.545. The van der Waals surface area contributed by atoms with Crippen molar-refractivity contribution < 1.29 is 4.74 Å². The predicted octanol–water partition coefficient (Wildman–Crippen LogP) is 1.99. The van der Waals surface area contributed by atoms with E-state index in [2.05, 4.69) is 39.8 Å². The highest BCUT2D eigenvalue weighted by Gasteiger charge is 2.14. The number of hydrogen-bond acceptors (Lipinski definition) is 3. The van der Waals surface area contributed by atoms with E-state index in [4.69, 9.17) is 4.74 Å². The van der Waals surface area contributed by atoms with E-state index in [0.717, 1.165) is 41.1 Å². The van der Waals surface area contributed by atoms with Crippen LogP contribution in [0.15, 0.2) is 11.1 Å². The Morgan fingerprint density at radius 3 is 2.81 bits per heavy atom. The largest absolute Gasteiger partial charge is 0.481 e. The second-order valence-electron chi connectivity index (χ2n) is 3.53. The summed E-state index contributed by atoms with van der Waals surface area (Å²) in [5, 5.41) is 7.70. The maximum absolute atomic E-state index is 5.34.